The molecule has 1 saturated heterocycles. The highest BCUT2D eigenvalue weighted by molar-refractivity contribution is 6.28. The van der Waals surface area contributed by atoms with Crippen molar-refractivity contribution in [1.29, 1.82) is 0 Å². The van der Waals surface area contributed by atoms with Crippen LogP contribution in [0.2, 0.25) is 5.28 Å². The summed E-state index contributed by atoms with van der Waals surface area (Å²) in [6.07, 6.45) is 3.48. The van der Waals surface area contributed by atoms with Gasteiger partial charge in [-0.05, 0) is 17.7 Å². The van der Waals surface area contributed by atoms with Crippen molar-refractivity contribution >= 4 is 23.5 Å². The number of halogens is 1. The summed E-state index contributed by atoms with van der Waals surface area (Å²) in [4.78, 5) is 24.9. The van der Waals surface area contributed by atoms with Crippen LogP contribution in [0.25, 0.3) is 0 Å². The summed E-state index contributed by atoms with van der Waals surface area (Å²) in [5, 5.41) is 0.130. The van der Waals surface area contributed by atoms with Gasteiger partial charge in [-0.15, -0.1) is 0 Å². The number of piperazine rings is 1. The minimum Gasteiger partial charge on any atom is -0.467 e. The highest BCUT2D eigenvalue weighted by Gasteiger charge is 2.21. The molecule has 8 nitrogen and oxygen atoms in total. The minimum atomic E-state index is 0.130. The highest BCUT2D eigenvalue weighted by atomic mass is 35.5. The van der Waals surface area contributed by atoms with E-state index in [-0.39, 0.29) is 11.3 Å². The average molecular weight is 308 g/mol. The van der Waals surface area contributed by atoms with Gasteiger partial charge in [0.15, 0.2) is 0 Å². The van der Waals surface area contributed by atoms with Crippen molar-refractivity contribution in [2.45, 2.75) is 0 Å². The second-order valence-electron chi connectivity index (χ2n) is 4.41. The zero-order chi connectivity index (χ0) is 14.7. The number of ether oxygens (including phenoxy) is 1. The predicted molar refractivity (Wildman–Crippen MR) is 77.8 cm³/mol. The molecule has 0 bridgehead atoms. The molecule has 21 heavy (non-hydrogen) atoms. The van der Waals surface area contributed by atoms with Crippen molar-refractivity contribution in [2.75, 3.05) is 43.1 Å². The standard InChI is InChI=1S/C12H14ClN7O/c1-21-12-17-9(13)16-11(18-12)20-7-5-19(6-8-20)10-14-3-2-4-15-10/h2-4H,5-8H2,1H3. The molecule has 0 aliphatic carbocycles. The summed E-state index contributed by atoms with van der Waals surface area (Å²) in [6, 6.07) is 2.03. The van der Waals surface area contributed by atoms with Gasteiger partial charge in [-0.1, -0.05) is 0 Å². The molecular weight excluding hydrogens is 294 g/mol. The molecule has 2 aromatic rings. The molecule has 0 N–H and O–H groups in total. The molecule has 0 aromatic carbocycles. The Kier molecular flexibility index (Phi) is 3.96. The first-order valence-corrected chi connectivity index (χ1v) is 6.86. The van der Waals surface area contributed by atoms with Crippen LogP contribution in [-0.4, -0.2) is 58.2 Å². The van der Waals surface area contributed by atoms with Gasteiger partial charge >= 0.3 is 6.01 Å². The Morgan fingerprint density at radius 3 is 2.19 bits per heavy atom. The van der Waals surface area contributed by atoms with Crippen LogP contribution in [0.5, 0.6) is 6.01 Å². The van der Waals surface area contributed by atoms with Gasteiger partial charge < -0.3 is 14.5 Å². The Morgan fingerprint density at radius 1 is 0.952 bits per heavy atom. The van der Waals surface area contributed by atoms with E-state index in [0.717, 1.165) is 32.1 Å². The van der Waals surface area contributed by atoms with Crippen LogP contribution < -0.4 is 14.5 Å². The monoisotopic (exact) mass is 307 g/mol. The van der Waals surface area contributed by atoms with Gasteiger partial charge in [-0.25, -0.2) is 9.97 Å². The summed E-state index contributed by atoms with van der Waals surface area (Å²) < 4.78 is 5.01. The van der Waals surface area contributed by atoms with E-state index in [9.17, 15) is 0 Å². The Balaban J connectivity index is 1.70. The van der Waals surface area contributed by atoms with Crippen LogP contribution >= 0.6 is 11.6 Å². The van der Waals surface area contributed by atoms with Crippen LogP contribution in [0.15, 0.2) is 18.5 Å². The highest BCUT2D eigenvalue weighted by Crippen LogP contribution is 2.17. The van der Waals surface area contributed by atoms with E-state index in [1.165, 1.54) is 7.11 Å². The largest absolute Gasteiger partial charge is 0.467 e. The molecule has 0 saturated carbocycles. The number of anilines is 2. The zero-order valence-corrected chi connectivity index (χ0v) is 12.2. The fourth-order valence-electron chi connectivity index (χ4n) is 2.12. The molecule has 9 heteroatoms. The van der Waals surface area contributed by atoms with Crippen molar-refractivity contribution in [3.63, 3.8) is 0 Å². The van der Waals surface area contributed by atoms with Crippen molar-refractivity contribution < 1.29 is 4.74 Å². The van der Waals surface area contributed by atoms with Gasteiger partial charge in [0.05, 0.1) is 7.11 Å². The molecule has 2 aromatic heterocycles. The summed E-state index contributed by atoms with van der Waals surface area (Å²) in [5.74, 6) is 1.27. The van der Waals surface area contributed by atoms with E-state index in [1.54, 1.807) is 18.5 Å². The molecule has 1 aliphatic rings. The molecule has 0 amide bonds. The van der Waals surface area contributed by atoms with Gasteiger partial charge in [0.25, 0.3) is 0 Å². The van der Waals surface area contributed by atoms with Gasteiger partial charge in [0.2, 0.25) is 17.2 Å². The number of rotatable bonds is 3. The van der Waals surface area contributed by atoms with Gasteiger partial charge in [-0.3, -0.25) is 0 Å². The molecule has 0 spiro atoms. The fraction of sp³-hybridized carbons (Fsp3) is 0.417. The van der Waals surface area contributed by atoms with Crippen LogP contribution in [0.3, 0.4) is 0 Å². The number of aromatic nitrogens is 5. The Bertz CT molecular complexity index is 604. The second kappa shape index (κ2) is 6.04. The fourth-order valence-corrected chi connectivity index (χ4v) is 2.26. The van der Waals surface area contributed by atoms with E-state index in [4.69, 9.17) is 16.3 Å². The first-order valence-electron chi connectivity index (χ1n) is 6.49. The first kappa shape index (κ1) is 13.7. The molecule has 0 atom stereocenters. The maximum absolute atomic E-state index is 5.87. The third-order valence-corrected chi connectivity index (χ3v) is 3.32. The quantitative estimate of drug-likeness (QED) is 0.817. The molecule has 1 aliphatic heterocycles. The lowest BCUT2D eigenvalue weighted by molar-refractivity contribution is 0.377. The maximum Gasteiger partial charge on any atom is 0.322 e. The van der Waals surface area contributed by atoms with E-state index in [1.807, 2.05) is 4.90 Å². The lowest BCUT2D eigenvalue weighted by atomic mass is 10.3. The number of hydrogen-bond acceptors (Lipinski definition) is 8. The third kappa shape index (κ3) is 3.10. The molecular formula is C12H14ClN7O. The van der Waals surface area contributed by atoms with Crippen molar-refractivity contribution in [2.24, 2.45) is 0 Å². The average Bonchev–Trinajstić information content (AvgIpc) is 2.55. The smallest absolute Gasteiger partial charge is 0.322 e. The molecule has 1 fully saturated rings. The molecule has 110 valence electrons. The minimum absolute atomic E-state index is 0.130. The number of methoxy groups -OCH3 is 1. The Hall–Kier alpha value is -2.22. The predicted octanol–water partition coefficient (Wildman–Crippen LogP) is 0.650. The summed E-state index contributed by atoms with van der Waals surface area (Å²) in [6.45, 7) is 3.08. The summed E-state index contributed by atoms with van der Waals surface area (Å²) in [5.41, 5.74) is 0. The molecule has 0 radical (unpaired) electrons. The maximum atomic E-state index is 5.87. The topological polar surface area (TPSA) is 80.2 Å². The van der Waals surface area contributed by atoms with Crippen LogP contribution in [0.4, 0.5) is 11.9 Å². The van der Waals surface area contributed by atoms with Crippen LogP contribution in [0, 0.1) is 0 Å². The zero-order valence-electron chi connectivity index (χ0n) is 11.5. The second-order valence-corrected chi connectivity index (χ2v) is 4.75. The van der Waals surface area contributed by atoms with E-state index in [0.29, 0.717) is 5.95 Å². The van der Waals surface area contributed by atoms with Crippen molar-refractivity contribution in [1.82, 2.24) is 24.9 Å². The summed E-state index contributed by atoms with van der Waals surface area (Å²) >= 11 is 5.87. The van der Waals surface area contributed by atoms with Crippen molar-refractivity contribution in [3.05, 3.63) is 23.7 Å². The van der Waals surface area contributed by atoms with Gasteiger partial charge in [-0.2, -0.15) is 15.0 Å². The van der Waals surface area contributed by atoms with E-state index < -0.39 is 0 Å². The Labute approximate surface area is 126 Å². The van der Waals surface area contributed by atoms with Gasteiger partial charge in [0.1, 0.15) is 0 Å². The van der Waals surface area contributed by atoms with E-state index in [2.05, 4.69) is 29.8 Å². The van der Waals surface area contributed by atoms with E-state index >= 15 is 0 Å². The molecule has 0 unspecified atom stereocenters. The van der Waals surface area contributed by atoms with Crippen molar-refractivity contribution in [3.8, 4) is 6.01 Å². The summed E-state index contributed by atoms with van der Waals surface area (Å²) in [7, 11) is 1.50. The molecule has 3 rings (SSSR count). The first-order chi connectivity index (χ1) is 10.3. The SMILES string of the molecule is COc1nc(Cl)nc(N2CCN(c3ncccn3)CC2)n1. The molecule has 3 heterocycles. The van der Waals surface area contributed by atoms with Crippen LogP contribution in [0.1, 0.15) is 0 Å². The Morgan fingerprint density at radius 2 is 1.57 bits per heavy atom. The third-order valence-electron chi connectivity index (χ3n) is 3.16. The van der Waals surface area contributed by atoms with Gasteiger partial charge in [0, 0.05) is 38.6 Å². The lowest BCUT2D eigenvalue weighted by Gasteiger charge is -2.34. The van der Waals surface area contributed by atoms with Crippen LogP contribution in [-0.2, 0) is 0 Å². The number of hydrogen-bond donors (Lipinski definition) is 0. The lowest BCUT2D eigenvalue weighted by Crippen LogP contribution is -2.47. The number of nitrogens with zero attached hydrogens (tertiary/aromatic N) is 7. The normalized spacial score (nSPS) is 15.1.